The molecule has 0 radical (unpaired) electrons. The quantitative estimate of drug-likeness (QED) is 0.374. The molecule has 0 unspecified atom stereocenters. The van der Waals surface area contributed by atoms with Gasteiger partial charge in [0.15, 0.2) is 0 Å². The highest BCUT2D eigenvalue weighted by molar-refractivity contribution is 9.10. The average Bonchev–Trinajstić information content (AvgIpc) is 3.22. The van der Waals surface area contributed by atoms with Gasteiger partial charge in [-0.2, -0.15) is 0 Å². The van der Waals surface area contributed by atoms with Crippen LogP contribution in [0, 0.1) is 0 Å². The number of hydrogen-bond acceptors (Lipinski definition) is 3. The van der Waals surface area contributed by atoms with Gasteiger partial charge in [-0.25, -0.2) is 0 Å². The maximum atomic E-state index is 12.4. The largest absolute Gasteiger partial charge is 0.492 e. The molecule has 4 rings (SSSR count). The summed E-state index contributed by atoms with van der Waals surface area (Å²) in [5, 5.41) is 1.06. The summed E-state index contributed by atoms with van der Waals surface area (Å²) in [6.07, 6.45) is 2.64. The summed E-state index contributed by atoms with van der Waals surface area (Å²) in [6, 6.07) is 24.9. The van der Waals surface area contributed by atoms with Crippen LogP contribution in [0.2, 0.25) is 0 Å². The highest BCUT2D eigenvalue weighted by Gasteiger charge is 2.11. The Kier molecular flexibility index (Phi) is 6.87. The van der Waals surface area contributed by atoms with Crippen molar-refractivity contribution in [1.29, 1.82) is 0 Å². The highest BCUT2D eigenvalue weighted by atomic mass is 79.9. The SMILES string of the molecule is O=C(Cn1ccc2ccccc21)NNC(=O)c1ccc(OCCc2ccccc2)c(Br)c1. The normalized spacial score (nSPS) is 10.7. The molecule has 2 N–H and O–H groups in total. The smallest absolute Gasteiger partial charge is 0.269 e. The minimum Gasteiger partial charge on any atom is -0.492 e. The zero-order chi connectivity index (χ0) is 22.3. The molecule has 0 spiro atoms. The van der Waals surface area contributed by atoms with E-state index in [0.717, 1.165) is 17.3 Å². The number of rotatable bonds is 7. The van der Waals surface area contributed by atoms with E-state index >= 15 is 0 Å². The van der Waals surface area contributed by atoms with Crippen LogP contribution in [-0.4, -0.2) is 23.0 Å². The molecule has 0 aliphatic carbocycles. The van der Waals surface area contributed by atoms with Crippen molar-refractivity contribution in [1.82, 2.24) is 15.4 Å². The molecule has 162 valence electrons. The van der Waals surface area contributed by atoms with Gasteiger partial charge in [-0.15, -0.1) is 0 Å². The third-order valence-electron chi connectivity index (χ3n) is 4.99. The molecule has 0 atom stereocenters. The molecule has 4 aromatic rings. The first-order valence-electron chi connectivity index (χ1n) is 10.2. The number of benzene rings is 3. The molecule has 0 saturated heterocycles. The van der Waals surface area contributed by atoms with E-state index in [1.165, 1.54) is 5.56 Å². The van der Waals surface area contributed by atoms with Crippen molar-refractivity contribution in [2.24, 2.45) is 0 Å². The van der Waals surface area contributed by atoms with Crippen molar-refractivity contribution in [3.63, 3.8) is 0 Å². The molecule has 3 aromatic carbocycles. The summed E-state index contributed by atoms with van der Waals surface area (Å²) in [5.74, 6) is -0.0760. The first-order valence-corrected chi connectivity index (χ1v) is 11.0. The molecule has 0 aliphatic rings. The second kappa shape index (κ2) is 10.2. The zero-order valence-electron chi connectivity index (χ0n) is 17.3. The molecule has 2 amide bonds. The monoisotopic (exact) mass is 491 g/mol. The average molecular weight is 492 g/mol. The highest BCUT2D eigenvalue weighted by Crippen LogP contribution is 2.26. The predicted octanol–water partition coefficient (Wildman–Crippen LogP) is 4.49. The van der Waals surface area contributed by atoms with Crippen molar-refractivity contribution >= 4 is 38.6 Å². The van der Waals surface area contributed by atoms with Gasteiger partial charge in [0.25, 0.3) is 11.8 Å². The second-order valence-electron chi connectivity index (χ2n) is 7.23. The molecule has 0 saturated carbocycles. The second-order valence-corrected chi connectivity index (χ2v) is 8.09. The number of nitrogens with zero attached hydrogens (tertiary/aromatic N) is 1. The number of aromatic nitrogens is 1. The van der Waals surface area contributed by atoms with Gasteiger partial charge in [0, 0.05) is 23.7 Å². The van der Waals surface area contributed by atoms with Crippen LogP contribution in [0.3, 0.4) is 0 Å². The van der Waals surface area contributed by atoms with Crippen LogP contribution in [0.25, 0.3) is 10.9 Å². The fourth-order valence-corrected chi connectivity index (χ4v) is 3.85. The van der Waals surface area contributed by atoms with E-state index in [2.05, 4.69) is 38.9 Å². The van der Waals surface area contributed by atoms with E-state index in [0.29, 0.717) is 22.4 Å². The Morgan fingerprint density at radius 1 is 0.906 bits per heavy atom. The van der Waals surface area contributed by atoms with Crippen LogP contribution in [0.15, 0.2) is 89.5 Å². The Morgan fingerprint density at radius 2 is 1.69 bits per heavy atom. The number of halogens is 1. The molecule has 1 heterocycles. The Labute approximate surface area is 194 Å². The van der Waals surface area contributed by atoms with Gasteiger partial charge in [0.05, 0.1) is 11.1 Å². The molecule has 0 aliphatic heterocycles. The van der Waals surface area contributed by atoms with E-state index < -0.39 is 5.91 Å². The Hall–Kier alpha value is -3.58. The lowest BCUT2D eigenvalue weighted by Gasteiger charge is -2.11. The lowest BCUT2D eigenvalue weighted by atomic mass is 10.2. The fourth-order valence-electron chi connectivity index (χ4n) is 3.35. The third-order valence-corrected chi connectivity index (χ3v) is 5.61. The minimum absolute atomic E-state index is 0.103. The number of nitrogens with one attached hydrogen (secondary N) is 2. The summed E-state index contributed by atoms with van der Waals surface area (Å²) in [7, 11) is 0. The van der Waals surface area contributed by atoms with Gasteiger partial charge in [0.1, 0.15) is 12.3 Å². The van der Waals surface area contributed by atoms with Crippen molar-refractivity contribution in [3.05, 3.63) is 101 Å². The Balaban J connectivity index is 1.28. The third kappa shape index (κ3) is 5.36. The molecule has 6 nitrogen and oxygen atoms in total. The van der Waals surface area contributed by atoms with Gasteiger partial charge < -0.3 is 9.30 Å². The van der Waals surface area contributed by atoms with Crippen molar-refractivity contribution in [2.75, 3.05) is 6.61 Å². The molecule has 0 fully saturated rings. The summed E-state index contributed by atoms with van der Waals surface area (Å²) in [4.78, 5) is 24.7. The van der Waals surface area contributed by atoms with Crippen LogP contribution >= 0.6 is 15.9 Å². The van der Waals surface area contributed by atoms with Crippen molar-refractivity contribution in [2.45, 2.75) is 13.0 Å². The molecular weight excluding hydrogens is 470 g/mol. The molecule has 1 aromatic heterocycles. The molecular formula is C25H22BrN3O3. The van der Waals surface area contributed by atoms with E-state index in [1.54, 1.807) is 18.2 Å². The summed E-state index contributed by atoms with van der Waals surface area (Å²) < 4.78 is 8.31. The summed E-state index contributed by atoms with van der Waals surface area (Å²) >= 11 is 3.45. The van der Waals surface area contributed by atoms with Gasteiger partial charge in [0.2, 0.25) is 0 Å². The molecule has 7 heteroatoms. The van der Waals surface area contributed by atoms with Crippen LogP contribution in [-0.2, 0) is 17.8 Å². The number of fused-ring (bicyclic) bond motifs is 1. The lowest BCUT2D eigenvalue weighted by molar-refractivity contribution is -0.122. The van der Waals surface area contributed by atoms with Gasteiger partial charge in [-0.05, 0) is 57.2 Å². The van der Waals surface area contributed by atoms with E-state index in [1.807, 2.05) is 59.3 Å². The summed E-state index contributed by atoms with van der Waals surface area (Å²) in [6.45, 7) is 0.629. The Morgan fingerprint density at radius 3 is 2.50 bits per heavy atom. The van der Waals surface area contributed by atoms with E-state index in [9.17, 15) is 9.59 Å². The molecule has 0 bridgehead atoms. The fraction of sp³-hybridized carbons (Fsp3) is 0.120. The van der Waals surface area contributed by atoms with Gasteiger partial charge in [-0.1, -0.05) is 48.5 Å². The van der Waals surface area contributed by atoms with Crippen LogP contribution < -0.4 is 15.6 Å². The van der Waals surface area contributed by atoms with Crippen molar-refractivity contribution in [3.8, 4) is 5.75 Å². The van der Waals surface area contributed by atoms with E-state index in [4.69, 9.17) is 4.74 Å². The first-order chi connectivity index (χ1) is 15.6. The number of amides is 2. The minimum atomic E-state index is -0.410. The standard InChI is InChI=1S/C25H22BrN3O3/c26-21-16-20(10-11-23(21)32-15-13-18-6-2-1-3-7-18)25(31)28-27-24(30)17-29-14-12-19-8-4-5-9-22(19)29/h1-12,14,16H,13,15,17H2,(H,27,30)(H,28,31). The molecule has 32 heavy (non-hydrogen) atoms. The van der Waals surface area contributed by atoms with Crippen LogP contribution in [0.1, 0.15) is 15.9 Å². The van der Waals surface area contributed by atoms with Gasteiger partial charge in [-0.3, -0.25) is 20.4 Å². The van der Waals surface area contributed by atoms with E-state index in [-0.39, 0.29) is 12.5 Å². The predicted molar refractivity (Wildman–Crippen MR) is 127 cm³/mol. The topological polar surface area (TPSA) is 72.4 Å². The number of para-hydroxylation sites is 1. The lowest BCUT2D eigenvalue weighted by Crippen LogP contribution is -2.43. The zero-order valence-corrected chi connectivity index (χ0v) is 18.8. The maximum absolute atomic E-state index is 12.4. The van der Waals surface area contributed by atoms with Crippen molar-refractivity contribution < 1.29 is 14.3 Å². The number of hydrazine groups is 1. The Bertz CT molecular complexity index is 1240. The first kappa shape index (κ1) is 21.6. The maximum Gasteiger partial charge on any atom is 0.269 e. The van der Waals surface area contributed by atoms with Crippen LogP contribution in [0.5, 0.6) is 5.75 Å². The number of carbonyl (C=O) groups is 2. The van der Waals surface area contributed by atoms with Crippen LogP contribution in [0.4, 0.5) is 0 Å². The number of carbonyl (C=O) groups excluding carboxylic acids is 2. The van der Waals surface area contributed by atoms with Gasteiger partial charge >= 0.3 is 0 Å². The number of hydrogen-bond donors (Lipinski definition) is 2. The summed E-state index contributed by atoms with van der Waals surface area (Å²) in [5.41, 5.74) is 7.48. The number of ether oxygens (including phenoxy) is 1.